The van der Waals surface area contributed by atoms with Crippen molar-refractivity contribution in [3.05, 3.63) is 52.9 Å². The summed E-state index contributed by atoms with van der Waals surface area (Å²) < 4.78 is 40.7. The summed E-state index contributed by atoms with van der Waals surface area (Å²) in [5.74, 6) is -1.000. The van der Waals surface area contributed by atoms with E-state index in [-0.39, 0.29) is 30.7 Å². The van der Waals surface area contributed by atoms with Crippen molar-refractivity contribution < 1.29 is 18.0 Å². The predicted molar refractivity (Wildman–Crippen MR) is 100 cm³/mol. The lowest BCUT2D eigenvalue weighted by Crippen LogP contribution is -2.30. The third-order valence-electron chi connectivity index (χ3n) is 4.05. The highest BCUT2D eigenvalue weighted by atomic mass is 35.5. The van der Waals surface area contributed by atoms with Gasteiger partial charge in [-0.2, -0.15) is 13.2 Å². The van der Waals surface area contributed by atoms with E-state index in [4.69, 9.17) is 11.6 Å². The number of pyridine rings is 1. The molecule has 2 amide bonds. The number of benzene rings is 1. The number of carbonyl (C=O) groups is 1. The van der Waals surface area contributed by atoms with Crippen LogP contribution >= 0.6 is 11.6 Å². The highest BCUT2D eigenvalue weighted by molar-refractivity contribution is 6.31. The van der Waals surface area contributed by atoms with Crippen molar-refractivity contribution in [2.24, 2.45) is 0 Å². The maximum Gasteiger partial charge on any atom is 0.449 e. The smallest absolute Gasteiger partial charge is 0.338 e. The van der Waals surface area contributed by atoms with Crippen molar-refractivity contribution in [2.45, 2.75) is 26.1 Å². The summed E-state index contributed by atoms with van der Waals surface area (Å²) in [6.07, 6.45) is -2.90. The lowest BCUT2D eigenvalue weighted by atomic mass is 10.2. The Morgan fingerprint density at radius 1 is 1.29 bits per heavy atom. The van der Waals surface area contributed by atoms with Gasteiger partial charge in [0.25, 0.3) is 0 Å². The summed E-state index contributed by atoms with van der Waals surface area (Å²) in [6.45, 7) is 2.01. The average molecular weight is 412 g/mol. The zero-order valence-corrected chi connectivity index (χ0v) is 15.6. The molecule has 28 heavy (non-hydrogen) atoms. The first-order valence-corrected chi connectivity index (χ1v) is 8.83. The van der Waals surface area contributed by atoms with Gasteiger partial charge in [0.05, 0.1) is 0 Å². The lowest BCUT2D eigenvalue weighted by Gasteiger charge is -2.12. The molecular formula is C18H17ClF3N5O. The molecule has 0 spiro atoms. The van der Waals surface area contributed by atoms with Gasteiger partial charge in [0, 0.05) is 30.0 Å². The molecule has 0 saturated carbocycles. The minimum atomic E-state index is -4.59. The Morgan fingerprint density at radius 3 is 2.82 bits per heavy atom. The number of hydrogen-bond acceptors (Lipinski definition) is 3. The monoisotopic (exact) mass is 411 g/mol. The summed E-state index contributed by atoms with van der Waals surface area (Å²) >= 11 is 5.91. The van der Waals surface area contributed by atoms with Crippen LogP contribution in [-0.2, 0) is 12.7 Å². The Kier molecular flexibility index (Phi) is 5.73. The predicted octanol–water partition coefficient (Wildman–Crippen LogP) is 4.62. The summed E-state index contributed by atoms with van der Waals surface area (Å²) in [7, 11) is 0. The SMILES string of the molecule is Cc1ccc(Cl)cc1NC(=O)NCCCn1c(C(F)(F)F)nc2cccnc21. The van der Waals surface area contributed by atoms with Gasteiger partial charge >= 0.3 is 12.2 Å². The van der Waals surface area contributed by atoms with E-state index in [1.807, 2.05) is 6.92 Å². The van der Waals surface area contributed by atoms with E-state index >= 15 is 0 Å². The summed E-state index contributed by atoms with van der Waals surface area (Å²) in [5.41, 5.74) is 1.74. The molecule has 2 N–H and O–H groups in total. The van der Waals surface area contributed by atoms with Crippen molar-refractivity contribution in [3.8, 4) is 0 Å². The number of anilines is 1. The molecule has 148 valence electrons. The van der Waals surface area contributed by atoms with Gasteiger partial charge in [-0.3, -0.25) is 0 Å². The second kappa shape index (κ2) is 8.05. The zero-order valence-electron chi connectivity index (χ0n) is 14.8. The Balaban J connectivity index is 1.61. The molecule has 0 saturated heterocycles. The molecule has 0 atom stereocenters. The van der Waals surface area contributed by atoms with Crippen molar-refractivity contribution in [2.75, 3.05) is 11.9 Å². The number of fused-ring (bicyclic) bond motifs is 1. The van der Waals surface area contributed by atoms with E-state index in [0.29, 0.717) is 10.7 Å². The van der Waals surface area contributed by atoms with Gasteiger partial charge in [-0.1, -0.05) is 17.7 Å². The third kappa shape index (κ3) is 4.53. The Bertz CT molecular complexity index is 1000. The lowest BCUT2D eigenvalue weighted by molar-refractivity contribution is -0.147. The summed E-state index contributed by atoms with van der Waals surface area (Å²) in [4.78, 5) is 19.6. The fourth-order valence-corrected chi connectivity index (χ4v) is 2.89. The number of carbonyl (C=O) groups excluding carboxylic acids is 1. The second-order valence-electron chi connectivity index (χ2n) is 6.12. The van der Waals surface area contributed by atoms with Crippen LogP contribution in [0.15, 0.2) is 36.5 Å². The van der Waals surface area contributed by atoms with Crippen LogP contribution < -0.4 is 10.6 Å². The quantitative estimate of drug-likeness (QED) is 0.601. The van der Waals surface area contributed by atoms with Crippen molar-refractivity contribution in [1.29, 1.82) is 0 Å². The number of halogens is 4. The minimum Gasteiger partial charge on any atom is -0.338 e. The maximum absolute atomic E-state index is 13.2. The minimum absolute atomic E-state index is 0.0127. The molecule has 6 nitrogen and oxygen atoms in total. The first kappa shape index (κ1) is 19.9. The number of aryl methyl sites for hydroxylation is 2. The van der Waals surface area contributed by atoms with Gasteiger partial charge in [-0.25, -0.2) is 14.8 Å². The molecule has 0 bridgehead atoms. The molecule has 0 aliphatic rings. The van der Waals surface area contributed by atoms with E-state index in [2.05, 4.69) is 20.6 Å². The maximum atomic E-state index is 13.2. The normalized spacial score (nSPS) is 11.6. The highest BCUT2D eigenvalue weighted by Crippen LogP contribution is 2.31. The van der Waals surface area contributed by atoms with Crippen LogP contribution in [0.25, 0.3) is 11.2 Å². The van der Waals surface area contributed by atoms with Gasteiger partial charge in [-0.05, 0) is 43.2 Å². The van der Waals surface area contributed by atoms with Gasteiger partial charge < -0.3 is 15.2 Å². The van der Waals surface area contributed by atoms with E-state index in [1.165, 1.54) is 18.3 Å². The molecule has 0 radical (unpaired) electrons. The van der Waals surface area contributed by atoms with Crippen LogP contribution in [0.3, 0.4) is 0 Å². The molecule has 2 heterocycles. The number of alkyl halides is 3. The van der Waals surface area contributed by atoms with Gasteiger partial charge in [0.15, 0.2) is 5.65 Å². The highest BCUT2D eigenvalue weighted by Gasteiger charge is 2.37. The first-order chi connectivity index (χ1) is 13.3. The number of urea groups is 1. The molecule has 3 rings (SSSR count). The summed E-state index contributed by atoms with van der Waals surface area (Å²) in [6, 6.07) is 7.65. The number of imidazole rings is 1. The molecule has 0 aliphatic carbocycles. The number of nitrogens with one attached hydrogen (secondary N) is 2. The van der Waals surface area contributed by atoms with E-state index in [1.54, 1.807) is 18.2 Å². The van der Waals surface area contributed by atoms with Crippen LogP contribution in [0.4, 0.5) is 23.7 Å². The van der Waals surface area contributed by atoms with Crippen LogP contribution in [0.2, 0.25) is 5.02 Å². The number of rotatable bonds is 5. The fraction of sp³-hybridized carbons (Fsp3) is 0.278. The van der Waals surface area contributed by atoms with Crippen LogP contribution in [0, 0.1) is 6.92 Å². The Hall–Kier alpha value is -2.81. The van der Waals surface area contributed by atoms with E-state index in [0.717, 1.165) is 10.1 Å². The fourth-order valence-electron chi connectivity index (χ4n) is 2.72. The van der Waals surface area contributed by atoms with Crippen LogP contribution in [0.1, 0.15) is 17.8 Å². The molecule has 0 aliphatic heterocycles. The van der Waals surface area contributed by atoms with Crippen molar-refractivity contribution in [3.63, 3.8) is 0 Å². The molecule has 1 aromatic carbocycles. The molecule has 10 heteroatoms. The average Bonchev–Trinajstić information content (AvgIpc) is 3.01. The Labute approximate surface area is 163 Å². The second-order valence-corrected chi connectivity index (χ2v) is 6.56. The largest absolute Gasteiger partial charge is 0.449 e. The van der Waals surface area contributed by atoms with Crippen molar-refractivity contribution in [1.82, 2.24) is 19.9 Å². The molecule has 3 aromatic rings. The van der Waals surface area contributed by atoms with Crippen LogP contribution in [-0.4, -0.2) is 27.1 Å². The number of amides is 2. The van der Waals surface area contributed by atoms with Gasteiger partial charge in [0.2, 0.25) is 5.82 Å². The van der Waals surface area contributed by atoms with Crippen molar-refractivity contribution >= 4 is 34.5 Å². The van der Waals surface area contributed by atoms with Gasteiger partial charge in [-0.15, -0.1) is 0 Å². The third-order valence-corrected chi connectivity index (χ3v) is 4.28. The number of hydrogen-bond donors (Lipinski definition) is 2. The standard InChI is InChI=1S/C18H17ClF3N5O/c1-11-5-6-12(19)10-14(11)26-17(28)24-8-3-9-27-15-13(4-2-7-23-15)25-16(27)18(20,21)22/h2,4-7,10H,3,8-9H2,1H3,(H2,24,26,28). The molecule has 0 fully saturated rings. The molecule has 2 aromatic heterocycles. The van der Waals surface area contributed by atoms with E-state index < -0.39 is 18.0 Å². The first-order valence-electron chi connectivity index (χ1n) is 8.45. The zero-order chi connectivity index (χ0) is 20.3. The van der Waals surface area contributed by atoms with Gasteiger partial charge in [0.1, 0.15) is 5.52 Å². The number of aromatic nitrogens is 3. The molecule has 0 unspecified atom stereocenters. The Morgan fingerprint density at radius 2 is 2.07 bits per heavy atom. The molecular weight excluding hydrogens is 395 g/mol. The van der Waals surface area contributed by atoms with E-state index in [9.17, 15) is 18.0 Å². The number of nitrogens with zero attached hydrogens (tertiary/aromatic N) is 3. The topological polar surface area (TPSA) is 71.8 Å². The summed E-state index contributed by atoms with van der Waals surface area (Å²) in [5, 5.41) is 5.77. The van der Waals surface area contributed by atoms with Crippen LogP contribution in [0.5, 0.6) is 0 Å².